The van der Waals surface area contributed by atoms with Gasteiger partial charge in [-0.15, -0.1) is 0 Å². The van der Waals surface area contributed by atoms with Gasteiger partial charge in [0.05, 0.1) is 0 Å². The fraction of sp³-hybridized carbons (Fsp3) is 0.600. The Bertz CT molecular complexity index is 268. The molecule has 0 fully saturated rings. The molecule has 1 heterocycles. The molecule has 0 saturated heterocycles. The van der Waals surface area contributed by atoms with E-state index in [-0.39, 0.29) is 0 Å². The van der Waals surface area contributed by atoms with E-state index in [2.05, 4.69) is 50.1 Å². The molecule has 0 amide bonds. The van der Waals surface area contributed by atoms with Gasteiger partial charge in [-0.25, -0.2) is 0 Å². The van der Waals surface area contributed by atoms with Crippen LogP contribution in [0.4, 0.5) is 5.69 Å². The van der Waals surface area contributed by atoms with Crippen molar-refractivity contribution < 1.29 is 0 Å². The standard InChI is InChI=1S/C10H13N.C3H8.C2H6/c1-11-8-4-6-9-5-2-3-7-10(9)11;1-3-2;1-2/h2-3,5,7H,4,6,8H2,1H3;3H2,1-2H3;1-2H3. The van der Waals surface area contributed by atoms with Crippen molar-refractivity contribution in [3.63, 3.8) is 0 Å². The van der Waals surface area contributed by atoms with E-state index in [1.807, 2.05) is 13.8 Å². The van der Waals surface area contributed by atoms with Crippen molar-refractivity contribution >= 4 is 5.69 Å². The Morgan fingerprint density at radius 3 is 2.25 bits per heavy atom. The van der Waals surface area contributed by atoms with Crippen LogP contribution < -0.4 is 4.90 Å². The second kappa shape index (κ2) is 9.26. The third-order valence-electron chi connectivity index (χ3n) is 2.34. The average Bonchev–Trinajstić information content (AvgIpc) is 2.33. The molecule has 0 saturated carbocycles. The van der Waals surface area contributed by atoms with Gasteiger partial charge >= 0.3 is 0 Å². The number of aryl methyl sites for hydroxylation is 1. The lowest BCUT2D eigenvalue weighted by Crippen LogP contribution is -2.24. The molecule has 0 aromatic heterocycles. The molecule has 1 aromatic carbocycles. The molecule has 1 aromatic rings. The predicted molar refractivity (Wildman–Crippen MR) is 75.3 cm³/mol. The van der Waals surface area contributed by atoms with Crippen molar-refractivity contribution in [2.75, 3.05) is 18.5 Å². The zero-order valence-electron chi connectivity index (χ0n) is 11.6. The van der Waals surface area contributed by atoms with Crippen LogP contribution in [0.3, 0.4) is 0 Å². The van der Waals surface area contributed by atoms with Crippen molar-refractivity contribution in [1.29, 1.82) is 0 Å². The van der Waals surface area contributed by atoms with Gasteiger partial charge in [0, 0.05) is 19.3 Å². The van der Waals surface area contributed by atoms with E-state index in [0.717, 1.165) is 0 Å². The molecule has 1 aliphatic heterocycles. The van der Waals surface area contributed by atoms with Crippen molar-refractivity contribution in [3.05, 3.63) is 29.8 Å². The largest absolute Gasteiger partial charge is 0.374 e. The van der Waals surface area contributed by atoms with E-state index >= 15 is 0 Å². The highest BCUT2D eigenvalue weighted by Crippen LogP contribution is 2.24. The Morgan fingerprint density at radius 2 is 1.69 bits per heavy atom. The van der Waals surface area contributed by atoms with Crippen molar-refractivity contribution in [3.8, 4) is 0 Å². The van der Waals surface area contributed by atoms with E-state index in [4.69, 9.17) is 0 Å². The maximum atomic E-state index is 2.33. The first kappa shape index (κ1) is 15.0. The minimum absolute atomic E-state index is 1.21. The fourth-order valence-corrected chi connectivity index (χ4v) is 1.72. The summed E-state index contributed by atoms with van der Waals surface area (Å²) in [5.41, 5.74) is 2.92. The molecule has 1 aliphatic rings. The van der Waals surface area contributed by atoms with Crippen molar-refractivity contribution in [2.45, 2.75) is 47.0 Å². The number of nitrogens with zero attached hydrogens (tertiary/aromatic N) is 1. The van der Waals surface area contributed by atoms with Crippen LogP contribution >= 0.6 is 0 Å². The number of benzene rings is 1. The van der Waals surface area contributed by atoms with Crippen LogP contribution in [-0.4, -0.2) is 13.6 Å². The van der Waals surface area contributed by atoms with Crippen LogP contribution in [-0.2, 0) is 6.42 Å². The summed E-state index contributed by atoms with van der Waals surface area (Å²) in [5.74, 6) is 0. The number of para-hydroxylation sites is 1. The third-order valence-corrected chi connectivity index (χ3v) is 2.34. The summed E-state index contributed by atoms with van der Waals surface area (Å²) < 4.78 is 0. The molecule has 1 heteroatoms. The fourth-order valence-electron chi connectivity index (χ4n) is 1.72. The first-order chi connectivity index (χ1) is 7.79. The highest BCUT2D eigenvalue weighted by Gasteiger charge is 2.11. The number of hydrogen-bond acceptors (Lipinski definition) is 1. The van der Waals surface area contributed by atoms with Crippen LogP contribution in [0.1, 0.15) is 46.1 Å². The Hall–Kier alpha value is -0.980. The third kappa shape index (κ3) is 4.69. The van der Waals surface area contributed by atoms with Gasteiger partial charge < -0.3 is 4.90 Å². The molecule has 2 rings (SSSR count). The van der Waals surface area contributed by atoms with Gasteiger partial charge in [-0.2, -0.15) is 0 Å². The minimum atomic E-state index is 1.21. The molecular formula is C15H27N. The van der Waals surface area contributed by atoms with E-state index < -0.39 is 0 Å². The minimum Gasteiger partial charge on any atom is -0.374 e. The molecule has 0 unspecified atom stereocenters. The first-order valence-electron chi connectivity index (χ1n) is 6.58. The molecular weight excluding hydrogens is 194 g/mol. The smallest absolute Gasteiger partial charge is 0.0396 e. The normalized spacial score (nSPS) is 12.7. The molecule has 0 spiro atoms. The summed E-state index contributed by atoms with van der Waals surface area (Å²) in [6, 6.07) is 8.66. The van der Waals surface area contributed by atoms with Gasteiger partial charge in [-0.05, 0) is 24.5 Å². The summed E-state index contributed by atoms with van der Waals surface area (Å²) >= 11 is 0. The summed E-state index contributed by atoms with van der Waals surface area (Å²) in [7, 11) is 2.16. The SMILES string of the molecule is CC.CCC.CN1CCCc2ccccc21. The molecule has 0 radical (unpaired) electrons. The summed E-state index contributed by atoms with van der Waals surface area (Å²) in [5, 5.41) is 0. The molecule has 0 aliphatic carbocycles. The van der Waals surface area contributed by atoms with E-state index in [1.165, 1.54) is 37.1 Å². The zero-order chi connectivity index (χ0) is 12.4. The topological polar surface area (TPSA) is 3.24 Å². The second-order valence-corrected chi connectivity index (χ2v) is 3.86. The lowest BCUT2D eigenvalue weighted by molar-refractivity contribution is 0.744. The Labute approximate surface area is 101 Å². The van der Waals surface area contributed by atoms with Crippen molar-refractivity contribution in [1.82, 2.24) is 0 Å². The van der Waals surface area contributed by atoms with Crippen molar-refractivity contribution in [2.24, 2.45) is 0 Å². The lowest BCUT2D eigenvalue weighted by Gasteiger charge is -2.26. The summed E-state index contributed by atoms with van der Waals surface area (Å²) in [6.07, 6.45) is 3.80. The number of fused-ring (bicyclic) bond motifs is 1. The highest BCUT2D eigenvalue weighted by molar-refractivity contribution is 5.54. The zero-order valence-corrected chi connectivity index (χ0v) is 11.6. The molecule has 0 bridgehead atoms. The maximum absolute atomic E-state index is 2.33. The van der Waals surface area contributed by atoms with E-state index in [9.17, 15) is 0 Å². The van der Waals surface area contributed by atoms with Crippen LogP contribution in [0.25, 0.3) is 0 Å². The van der Waals surface area contributed by atoms with E-state index in [1.54, 1.807) is 0 Å². The Kier molecular flexibility index (Phi) is 8.69. The lowest BCUT2D eigenvalue weighted by atomic mass is 10.0. The van der Waals surface area contributed by atoms with Gasteiger partial charge in [-0.3, -0.25) is 0 Å². The quantitative estimate of drug-likeness (QED) is 0.623. The number of anilines is 1. The molecule has 0 N–H and O–H groups in total. The molecule has 1 nitrogen and oxygen atoms in total. The van der Waals surface area contributed by atoms with Crippen LogP contribution in [0.5, 0.6) is 0 Å². The second-order valence-electron chi connectivity index (χ2n) is 3.86. The van der Waals surface area contributed by atoms with Crippen LogP contribution in [0.2, 0.25) is 0 Å². The highest BCUT2D eigenvalue weighted by atomic mass is 15.1. The van der Waals surface area contributed by atoms with Gasteiger partial charge in [0.2, 0.25) is 0 Å². The van der Waals surface area contributed by atoms with Gasteiger partial charge in [0.1, 0.15) is 0 Å². The predicted octanol–water partition coefficient (Wildman–Crippen LogP) is 4.51. The summed E-state index contributed by atoms with van der Waals surface area (Å²) in [6.45, 7) is 9.46. The number of rotatable bonds is 0. The van der Waals surface area contributed by atoms with Gasteiger partial charge in [0.25, 0.3) is 0 Å². The van der Waals surface area contributed by atoms with Gasteiger partial charge in [-0.1, -0.05) is 52.3 Å². The molecule has 92 valence electrons. The van der Waals surface area contributed by atoms with Gasteiger partial charge in [0.15, 0.2) is 0 Å². The van der Waals surface area contributed by atoms with Crippen LogP contribution in [0, 0.1) is 0 Å². The summed E-state index contributed by atoms with van der Waals surface area (Å²) in [4.78, 5) is 2.33. The maximum Gasteiger partial charge on any atom is 0.0396 e. The van der Waals surface area contributed by atoms with Crippen LogP contribution in [0.15, 0.2) is 24.3 Å². The number of hydrogen-bond donors (Lipinski definition) is 0. The molecule has 16 heavy (non-hydrogen) atoms. The average molecular weight is 221 g/mol. The Morgan fingerprint density at radius 1 is 1.12 bits per heavy atom. The first-order valence-corrected chi connectivity index (χ1v) is 6.58. The molecule has 0 atom stereocenters. The Balaban J connectivity index is 0.000000394. The van der Waals surface area contributed by atoms with E-state index in [0.29, 0.717) is 0 Å². The monoisotopic (exact) mass is 221 g/mol.